The van der Waals surface area contributed by atoms with Gasteiger partial charge in [-0.05, 0) is 44.0 Å². The Bertz CT molecular complexity index is 439. The number of ether oxygens (including phenoxy) is 2. The van der Waals surface area contributed by atoms with Crippen molar-refractivity contribution in [1.29, 1.82) is 0 Å². The first-order chi connectivity index (χ1) is 9.61. The lowest BCUT2D eigenvalue weighted by Crippen LogP contribution is -2.55. The minimum atomic E-state index is -0.105. The minimum absolute atomic E-state index is 0.105. The lowest BCUT2D eigenvalue weighted by molar-refractivity contribution is -0.109. The number of methoxy groups -OCH3 is 1. The summed E-state index contributed by atoms with van der Waals surface area (Å²) in [5.74, 6) is 0. The molecular formula is C17H27NO2. The lowest BCUT2D eigenvalue weighted by Gasteiger charge is -2.42. The van der Waals surface area contributed by atoms with Crippen molar-refractivity contribution >= 4 is 0 Å². The van der Waals surface area contributed by atoms with Gasteiger partial charge in [0.15, 0.2) is 0 Å². The first-order valence-corrected chi connectivity index (χ1v) is 7.47. The molecule has 3 heteroatoms. The third-order valence-corrected chi connectivity index (χ3v) is 4.74. The van der Waals surface area contributed by atoms with Gasteiger partial charge in [0, 0.05) is 39.2 Å². The first kappa shape index (κ1) is 15.5. The Morgan fingerprint density at radius 1 is 1.25 bits per heavy atom. The summed E-state index contributed by atoms with van der Waals surface area (Å²) in [7, 11) is 3.86. The molecule has 0 bridgehead atoms. The van der Waals surface area contributed by atoms with Crippen LogP contribution < -0.4 is 5.32 Å². The maximum Gasteiger partial charge on any atom is 0.0877 e. The van der Waals surface area contributed by atoms with Crippen LogP contribution >= 0.6 is 0 Å². The van der Waals surface area contributed by atoms with E-state index < -0.39 is 0 Å². The number of hydrogen-bond donors (Lipinski definition) is 1. The van der Waals surface area contributed by atoms with E-state index in [2.05, 4.69) is 37.4 Å². The summed E-state index contributed by atoms with van der Waals surface area (Å²) < 4.78 is 11.4. The van der Waals surface area contributed by atoms with Crippen molar-refractivity contribution in [1.82, 2.24) is 5.32 Å². The SMILES string of the molecule is CNC(Cc1ccc(C)c(C)c1)C1(OC)CCOCC1. The van der Waals surface area contributed by atoms with Gasteiger partial charge in [0.2, 0.25) is 0 Å². The Hall–Kier alpha value is -0.900. The zero-order valence-corrected chi connectivity index (χ0v) is 13.2. The number of hydrogen-bond acceptors (Lipinski definition) is 3. The van der Waals surface area contributed by atoms with Crippen LogP contribution in [0.2, 0.25) is 0 Å². The van der Waals surface area contributed by atoms with Crippen molar-refractivity contribution in [3.05, 3.63) is 34.9 Å². The van der Waals surface area contributed by atoms with Gasteiger partial charge in [-0.1, -0.05) is 18.2 Å². The Labute approximate surface area is 122 Å². The molecule has 1 aromatic carbocycles. The molecule has 1 unspecified atom stereocenters. The molecule has 0 spiro atoms. The number of benzene rings is 1. The topological polar surface area (TPSA) is 30.5 Å². The molecule has 1 saturated heterocycles. The second kappa shape index (κ2) is 6.70. The Kier molecular flexibility index (Phi) is 5.19. The van der Waals surface area contributed by atoms with Crippen LogP contribution in [0.25, 0.3) is 0 Å². The molecule has 1 aliphatic heterocycles. The van der Waals surface area contributed by atoms with E-state index in [0.29, 0.717) is 6.04 Å². The van der Waals surface area contributed by atoms with Crippen molar-refractivity contribution < 1.29 is 9.47 Å². The molecule has 20 heavy (non-hydrogen) atoms. The van der Waals surface area contributed by atoms with Gasteiger partial charge < -0.3 is 14.8 Å². The average Bonchev–Trinajstić information content (AvgIpc) is 2.49. The van der Waals surface area contributed by atoms with Gasteiger partial charge in [0.05, 0.1) is 5.60 Å². The van der Waals surface area contributed by atoms with E-state index in [1.165, 1.54) is 16.7 Å². The fourth-order valence-electron chi connectivity index (χ4n) is 3.13. The van der Waals surface area contributed by atoms with Crippen LogP contribution in [0.1, 0.15) is 29.5 Å². The second-order valence-corrected chi connectivity index (χ2v) is 5.85. The molecule has 0 aromatic heterocycles. The molecule has 1 aliphatic rings. The van der Waals surface area contributed by atoms with Crippen LogP contribution in [0.5, 0.6) is 0 Å². The van der Waals surface area contributed by atoms with Crippen molar-refractivity contribution in [2.45, 2.75) is 44.8 Å². The summed E-state index contributed by atoms with van der Waals surface area (Å²) >= 11 is 0. The van der Waals surface area contributed by atoms with Crippen molar-refractivity contribution in [2.75, 3.05) is 27.4 Å². The van der Waals surface area contributed by atoms with E-state index >= 15 is 0 Å². The third kappa shape index (κ3) is 3.22. The molecule has 0 aliphatic carbocycles. The van der Waals surface area contributed by atoms with E-state index in [9.17, 15) is 0 Å². The standard InChI is InChI=1S/C17H27NO2/c1-13-5-6-15(11-14(13)2)12-16(18-3)17(19-4)7-9-20-10-8-17/h5-6,11,16,18H,7-10,12H2,1-4H3. The fraction of sp³-hybridized carbons (Fsp3) is 0.647. The highest BCUT2D eigenvalue weighted by molar-refractivity contribution is 5.30. The van der Waals surface area contributed by atoms with Crippen LogP contribution in [0.4, 0.5) is 0 Å². The van der Waals surface area contributed by atoms with Crippen LogP contribution in [0.15, 0.2) is 18.2 Å². The zero-order valence-electron chi connectivity index (χ0n) is 13.2. The average molecular weight is 277 g/mol. The zero-order chi connectivity index (χ0) is 14.6. The summed E-state index contributed by atoms with van der Waals surface area (Å²) in [6.45, 7) is 5.91. The number of nitrogens with one attached hydrogen (secondary N) is 1. The third-order valence-electron chi connectivity index (χ3n) is 4.74. The number of rotatable bonds is 5. The summed E-state index contributed by atoms with van der Waals surface area (Å²) in [6, 6.07) is 7.05. The Morgan fingerprint density at radius 3 is 2.50 bits per heavy atom. The normalized spacial score (nSPS) is 19.8. The summed E-state index contributed by atoms with van der Waals surface area (Å²) in [6.07, 6.45) is 2.91. The smallest absolute Gasteiger partial charge is 0.0877 e. The minimum Gasteiger partial charge on any atom is -0.381 e. The van der Waals surface area contributed by atoms with Gasteiger partial charge in [-0.2, -0.15) is 0 Å². The Morgan fingerprint density at radius 2 is 1.95 bits per heavy atom. The molecule has 112 valence electrons. The maximum absolute atomic E-state index is 5.92. The van der Waals surface area contributed by atoms with Gasteiger partial charge in [0.25, 0.3) is 0 Å². The van der Waals surface area contributed by atoms with Gasteiger partial charge >= 0.3 is 0 Å². The van der Waals surface area contributed by atoms with Gasteiger partial charge in [-0.25, -0.2) is 0 Å². The first-order valence-electron chi connectivity index (χ1n) is 7.47. The van der Waals surface area contributed by atoms with Crippen LogP contribution in [-0.4, -0.2) is 39.0 Å². The molecule has 0 saturated carbocycles. The summed E-state index contributed by atoms with van der Waals surface area (Å²) in [5.41, 5.74) is 3.97. The molecule has 1 heterocycles. The van der Waals surface area contributed by atoms with Gasteiger partial charge in [0.1, 0.15) is 0 Å². The van der Waals surface area contributed by atoms with E-state index in [-0.39, 0.29) is 5.60 Å². The quantitative estimate of drug-likeness (QED) is 0.897. The van der Waals surface area contributed by atoms with Crippen molar-refractivity contribution in [2.24, 2.45) is 0 Å². The summed E-state index contributed by atoms with van der Waals surface area (Å²) in [4.78, 5) is 0. The highest BCUT2D eigenvalue weighted by Crippen LogP contribution is 2.30. The highest BCUT2D eigenvalue weighted by Gasteiger charge is 2.39. The molecule has 3 nitrogen and oxygen atoms in total. The maximum atomic E-state index is 5.92. The van der Waals surface area contributed by atoms with E-state index in [4.69, 9.17) is 9.47 Å². The molecular weight excluding hydrogens is 250 g/mol. The molecule has 2 rings (SSSR count). The summed E-state index contributed by atoms with van der Waals surface area (Å²) in [5, 5.41) is 3.47. The predicted molar refractivity (Wildman–Crippen MR) is 82.3 cm³/mol. The van der Waals surface area contributed by atoms with E-state index in [0.717, 1.165) is 32.5 Å². The van der Waals surface area contributed by atoms with Crippen LogP contribution in [-0.2, 0) is 15.9 Å². The number of aryl methyl sites for hydroxylation is 2. The largest absolute Gasteiger partial charge is 0.381 e. The van der Waals surface area contributed by atoms with Crippen LogP contribution in [0, 0.1) is 13.8 Å². The Balaban J connectivity index is 2.16. The fourth-order valence-corrected chi connectivity index (χ4v) is 3.13. The number of likely N-dealkylation sites (N-methyl/N-ethyl adjacent to an activating group) is 1. The predicted octanol–water partition coefficient (Wildman–Crippen LogP) is 2.63. The molecule has 0 amide bonds. The van der Waals surface area contributed by atoms with Crippen molar-refractivity contribution in [3.63, 3.8) is 0 Å². The van der Waals surface area contributed by atoms with Crippen molar-refractivity contribution in [3.8, 4) is 0 Å². The van der Waals surface area contributed by atoms with Crippen LogP contribution in [0.3, 0.4) is 0 Å². The van der Waals surface area contributed by atoms with E-state index in [1.807, 2.05) is 14.2 Å². The molecule has 0 radical (unpaired) electrons. The second-order valence-electron chi connectivity index (χ2n) is 5.85. The molecule has 1 N–H and O–H groups in total. The molecule has 1 fully saturated rings. The monoisotopic (exact) mass is 277 g/mol. The van der Waals surface area contributed by atoms with Gasteiger partial charge in [-0.15, -0.1) is 0 Å². The van der Waals surface area contributed by atoms with E-state index in [1.54, 1.807) is 0 Å². The molecule has 1 aromatic rings. The highest BCUT2D eigenvalue weighted by atomic mass is 16.5. The van der Waals surface area contributed by atoms with Gasteiger partial charge in [-0.3, -0.25) is 0 Å². The molecule has 1 atom stereocenters. The lowest BCUT2D eigenvalue weighted by atomic mass is 9.82.